The van der Waals surface area contributed by atoms with Crippen LogP contribution in [0, 0.1) is 0 Å². The molecule has 3 aromatic carbocycles. The second-order valence-electron chi connectivity index (χ2n) is 9.94. The van der Waals surface area contributed by atoms with Crippen molar-refractivity contribution in [3.05, 3.63) is 89.5 Å². The average Bonchev–Trinajstić information content (AvgIpc) is 2.89. The van der Waals surface area contributed by atoms with E-state index in [4.69, 9.17) is 18.9 Å². The number of ether oxygens (including phenoxy) is 4. The molecule has 3 aromatic rings. The van der Waals surface area contributed by atoms with Crippen molar-refractivity contribution < 1.29 is 28.8 Å². The molecule has 6 nitrogen and oxygen atoms in total. The second-order valence-corrected chi connectivity index (χ2v) is 9.94. The summed E-state index contributed by atoms with van der Waals surface area (Å²) >= 11 is 0. The van der Waals surface area contributed by atoms with Crippen LogP contribution in [0.2, 0.25) is 0 Å². The summed E-state index contributed by atoms with van der Waals surface area (Å²) < 4.78 is 21.8. The first-order valence-corrected chi connectivity index (χ1v) is 12.6. The van der Waals surface area contributed by atoms with Crippen LogP contribution in [0.5, 0.6) is 17.2 Å². The van der Waals surface area contributed by atoms with Crippen molar-refractivity contribution in [3.8, 4) is 17.2 Å². The van der Waals surface area contributed by atoms with Crippen LogP contribution in [-0.2, 0) is 15.1 Å². The Kier molecular flexibility index (Phi) is 9.59. The van der Waals surface area contributed by atoms with Crippen LogP contribution in [0.1, 0.15) is 63.1 Å². The third kappa shape index (κ3) is 7.73. The van der Waals surface area contributed by atoms with E-state index in [9.17, 15) is 9.90 Å². The molecule has 0 aromatic heterocycles. The normalized spacial score (nSPS) is 11.6. The molecule has 0 heterocycles. The molecular weight excluding hydrogens is 468 g/mol. The van der Waals surface area contributed by atoms with E-state index >= 15 is 0 Å². The fourth-order valence-corrected chi connectivity index (χ4v) is 4.09. The number of carbonyl (C=O) groups excluding carboxylic acids is 1. The number of hydrogen-bond donors (Lipinski definition) is 1. The molecule has 0 bridgehead atoms. The average molecular weight is 507 g/mol. The first-order chi connectivity index (χ1) is 17.7. The number of rotatable bonds is 12. The fraction of sp³-hybridized carbons (Fsp3) is 0.387. The van der Waals surface area contributed by atoms with E-state index in [1.807, 2.05) is 93.6 Å². The molecule has 198 valence electrons. The van der Waals surface area contributed by atoms with Crippen LogP contribution in [0.4, 0.5) is 0 Å². The number of unbranched alkanes of at least 4 members (excludes halogenated alkanes) is 2. The molecule has 0 unspecified atom stereocenters. The molecule has 37 heavy (non-hydrogen) atoms. The standard InChI is InChI=1S/C31H38O6/c1-30(2,3)37-29(32)9-7-6-8-22-36-28-20-14-25(15-21-28)31(33,23-10-16-26(34-4)17-11-23)24-12-18-27(35-5)19-13-24/h10-21,33H,6-9,22H2,1-5H3. The smallest absolute Gasteiger partial charge is 0.306 e. The zero-order valence-electron chi connectivity index (χ0n) is 22.5. The highest BCUT2D eigenvalue weighted by atomic mass is 16.6. The third-order valence-corrected chi connectivity index (χ3v) is 6.00. The Morgan fingerprint density at radius 2 is 1.11 bits per heavy atom. The summed E-state index contributed by atoms with van der Waals surface area (Å²) in [6, 6.07) is 22.3. The molecule has 0 saturated carbocycles. The van der Waals surface area contributed by atoms with Crippen molar-refractivity contribution in [2.45, 2.75) is 57.7 Å². The monoisotopic (exact) mass is 506 g/mol. The van der Waals surface area contributed by atoms with Crippen LogP contribution < -0.4 is 14.2 Å². The molecule has 1 N–H and O–H groups in total. The van der Waals surface area contributed by atoms with Gasteiger partial charge in [-0.15, -0.1) is 0 Å². The first-order valence-electron chi connectivity index (χ1n) is 12.6. The summed E-state index contributed by atoms with van der Waals surface area (Å²) in [5.74, 6) is 2.00. The van der Waals surface area contributed by atoms with Crippen molar-refractivity contribution in [3.63, 3.8) is 0 Å². The van der Waals surface area contributed by atoms with Crippen molar-refractivity contribution in [2.24, 2.45) is 0 Å². The first kappa shape index (κ1) is 28.1. The second kappa shape index (κ2) is 12.6. The van der Waals surface area contributed by atoms with Gasteiger partial charge in [0.1, 0.15) is 28.5 Å². The molecule has 0 aliphatic rings. The van der Waals surface area contributed by atoms with Gasteiger partial charge in [-0.25, -0.2) is 0 Å². The van der Waals surface area contributed by atoms with Gasteiger partial charge in [0, 0.05) is 6.42 Å². The van der Waals surface area contributed by atoms with Gasteiger partial charge < -0.3 is 24.1 Å². The van der Waals surface area contributed by atoms with Crippen LogP contribution in [0.25, 0.3) is 0 Å². The van der Waals surface area contributed by atoms with E-state index in [-0.39, 0.29) is 5.97 Å². The Morgan fingerprint density at radius 1 is 0.676 bits per heavy atom. The molecule has 0 aliphatic heterocycles. The van der Waals surface area contributed by atoms with E-state index < -0.39 is 11.2 Å². The lowest BCUT2D eigenvalue weighted by molar-refractivity contribution is -0.154. The summed E-state index contributed by atoms with van der Waals surface area (Å²) in [6.45, 7) is 6.17. The van der Waals surface area contributed by atoms with Gasteiger partial charge in [0.15, 0.2) is 0 Å². The Bertz CT molecular complexity index is 1060. The highest BCUT2D eigenvalue weighted by molar-refractivity contribution is 5.69. The maximum absolute atomic E-state index is 12.1. The summed E-state index contributed by atoms with van der Waals surface area (Å²) in [5.41, 5.74) is 0.333. The van der Waals surface area contributed by atoms with Crippen molar-refractivity contribution in [2.75, 3.05) is 20.8 Å². The van der Waals surface area contributed by atoms with E-state index in [1.165, 1.54) is 0 Å². The molecule has 0 atom stereocenters. The molecule has 0 amide bonds. The molecule has 0 spiro atoms. The van der Waals surface area contributed by atoms with Crippen molar-refractivity contribution in [1.29, 1.82) is 0 Å². The Morgan fingerprint density at radius 3 is 1.51 bits per heavy atom. The zero-order valence-corrected chi connectivity index (χ0v) is 22.5. The SMILES string of the molecule is COc1ccc(C(O)(c2ccc(OC)cc2)c2ccc(OCCCCCC(=O)OC(C)(C)C)cc2)cc1. The van der Waals surface area contributed by atoms with Gasteiger partial charge in [-0.3, -0.25) is 4.79 Å². The highest BCUT2D eigenvalue weighted by Crippen LogP contribution is 2.38. The van der Waals surface area contributed by atoms with Gasteiger partial charge in [0.2, 0.25) is 0 Å². The number of benzene rings is 3. The fourth-order valence-electron chi connectivity index (χ4n) is 4.09. The predicted octanol–water partition coefficient (Wildman–Crippen LogP) is 6.27. The summed E-state index contributed by atoms with van der Waals surface area (Å²) in [6.07, 6.45) is 2.91. The summed E-state index contributed by atoms with van der Waals surface area (Å²) in [7, 11) is 3.23. The van der Waals surface area contributed by atoms with E-state index in [2.05, 4.69) is 0 Å². The number of hydrogen-bond acceptors (Lipinski definition) is 6. The maximum atomic E-state index is 12.1. The molecule has 3 rings (SSSR count). The van der Waals surface area contributed by atoms with Crippen molar-refractivity contribution in [1.82, 2.24) is 0 Å². The number of esters is 1. The minimum absolute atomic E-state index is 0.162. The minimum Gasteiger partial charge on any atom is -0.497 e. The molecule has 0 radical (unpaired) electrons. The van der Waals surface area contributed by atoms with Crippen LogP contribution in [0.15, 0.2) is 72.8 Å². The minimum atomic E-state index is -1.38. The molecule has 6 heteroatoms. The van der Waals surface area contributed by atoms with Gasteiger partial charge >= 0.3 is 5.97 Å². The number of aliphatic hydroxyl groups is 1. The molecular formula is C31H38O6. The van der Waals surface area contributed by atoms with Crippen LogP contribution in [0.3, 0.4) is 0 Å². The largest absolute Gasteiger partial charge is 0.497 e. The number of carbonyl (C=O) groups is 1. The molecule has 0 saturated heterocycles. The van der Waals surface area contributed by atoms with Gasteiger partial charge in [-0.2, -0.15) is 0 Å². The van der Waals surface area contributed by atoms with E-state index in [0.717, 1.165) is 47.6 Å². The van der Waals surface area contributed by atoms with Crippen LogP contribution in [-0.4, -0.2) is 37.5 Å². The lowest BCUT2D eigenvalue weighted by Gasteiger charge is -2.30. The topological polar surface area (TPSA) is 74.2 Å². The third-order valence-electron chi connectivity index (χ3n) is 6.00. The Labute approximate surface area is 220 Å². The van der Waals surface area contributed by atoms with Gasteiger partial charge in [0.05, 0.1) is 20.8 Å². The maximum Gasteiger partial charge on any atom is 0.306 e. The molecule has 0 fully saturated rings. The van der Waals surface area contributed by atoms with Crippen molar-refractivity contribution >= 4 is 5.97 Å². The van der Waals surface area contributed by atoms with Gasteiger partial charge in [-0.05, 0) is 93.1 Å². The van der Waals surface area contributed by atoms with Gasteiger partial charge in [0.25, 0.3) is 0 Å². The number of methoxy groups -OCH3 is 2. The predicted molar refractivity (Wildman–Crippen MR) is 144 cm³/mol. The summed E-state index contributed by atoms with van der Waals surface area (Å²) in [4.78, 5) is 11.8. The Balaban J connectivity index is 1.66. The quantitative estimate of drug-likeness (QED) is 0.177. The van der Waals surface area contributed by atoms with E-state index in [1.54, 1.807) is 14.2 Å². The van der Waals surface area contributed by atoms with Gasteiger partial charge in [-0.1, -0.05) is 36.4 Å². The lowest BCUT2D eigenvalue weighted by Crippen LogP contribution is -2.28. The van der Waals surface area contributed by atoms with Crippen LogP contribution >= 0.6 is 0 Å². The van der Waals surface area contributed by atoms with E-state index in [0.29, 0.717) is 18.6 Å². The zero-order chi connectivity index (χ0) is 26.9. The lowest BCUT2D eigenvalue weighted by atomic mass is 9.80. The summed E-state index contributed by atoms with van der Waals surface area (Å²) in [5, 5.41) is 12.1. The molecule has 0 aliphatic carbocycles. The highest BCUT2D eigenvalue weighted by Gasteiger charge is 2.34. The Hall–Kier alpha value is -3.51.